The summed E-state index contributed by atoms with van der Waals surface area (Å²) in [5.74, 6) is -1.31. The Morgan fingerprint density at radius 3 is 2.11 bits per heavy atom. The van der Waals surface area contributed by atoms with Crippen molar-refractivity contribution in [1.82, 2.24) is 0 Å². The van der Waals surface area contributed by atoms with E-state index in [1.165, 1.54) is 43.4 Å². The molecule has 0 spiro atoms. The van der Waals surface area contributed by atoms with Crippen LogP contribution in [0.15, 0.2) is 54.6 Å². The van der Waals surface area contributed by atoms with Crippen molar-refractivity contribution in [2.45, 2.75) is 78.1 Å². The molecule has 3 aromatic rings. The van der Waals surface area contributed by atoms with E-state index in [9.17, 15) is 15.3 Å². The Morgan fingerprint density at radius 1 is 0.789 bits per heavy atom. The normalized spacial score (nSPS) is 10.6. The summed E-state index contributed by atoms with van der Waals surface area (Å²) in [5.41, 5.74) is 3.40. The maximum atomic E-state index is 15.0. The summed E-state index contributed by atoms with van der Waals surface area (Å²) in [5, 5.41) is 19.3. The van der Waals surface area contributed by atoms with Crippen LogP contribution in [-0.2, 0) is 12.8 Å². The van der Waals surface area contributed by atoms with Crippen molar-refractivity contribution >= 4 is 5.97 Å². The molecule has 196 valence electrons. The number of nitrogens with zero attached hydrogens (tertiary/aromatic N) is 2. The number of nitriles is 2. The fourth-order valence-electron chi connectivity index (χ4n) is 4.54. The van der Waals surface area contributed by atoms with E-state index in [-0.39, 0.29) is 22.4 Å². The van der Waals surface area contributed by atoms with Gasteiger partial charge in [0, 0.05) is 5.56 Å². The first-order valence-corrected chi connectivity index (χ1v) is 13.6. The lowest BCUT2D eigenvalue weighted by molar-refractivity contribution is 0.0733. The molecule has 3 rings (SSSR count). The Labute approximate surface area is 225 Å². The summed E-state index contributed by atoms with van der Waals surface area (Å²) in [6.45, 7) is 4.30. The van der Waals surface area contributed by atoms with Crippen LogP contribution in [0.4, 0.5) is 4.39 Å². The van der Waals surface area contributed by atoms with E-state index < -0.39 is 11.8 Å². The number of halogens is 1. The predicted octanol–water partition coefficient (Wildman–Crippen LogP) is 8.70. The monoisotopic (exact) mass is 510 g/mol. The van der Waals surface area contributed by atoms with Crippen LogP contribution in [0.3, 0.4) is 0 Å². The molecule has 0 fully saturated rings. The summed E-state index contributed by atoms with van der Waals surface area (Å²) in [6.07, 6.45) is 10.8. The molecule has 0 radical (unpaired) electrons. The smallest absolute Gasteiger partial charge is 0.343 e. The third kappa shape index (κ3) is 7.53. The van der Waals surface area contributed by atoms with Crippen molar-refractivity contribution in [3.05, 3.63) is 88.2 Å². The Kier molecular flexibility index (Phi) is 11.1. The first-order valence-electron chi connectivity index (χ1n) is 13.6. The van der Waals surface area contributed by atoms with Crippen molar-refractivity contribution in [2.75, 3.05) is 0 Å². The van der Waals surface area contributed by atoms with E-state index in [0.29, 0.717) is 12.0 Å². The lowest BCUT2D eigenvalue weighted by Gasteiger charge is -2.11. The van der Waals surface area contributed by atoms with E-state index >= 15 is 4.39 Å². The fourth-order valence-corrected chi connectivity index (χ4v) is 4.54. The molecule has 3 aromatic carbocycles. The molecular weight excluding hydrogens is 475 g/mol. The average molecular weight is 511 g/mol. The molecule has 0 N–H and O–H groups in total. The van der Waals surface area contributed by atoms with Crippen molar-refractivity contribution in [3.63, 3.8) is 0 Å². The quantitative estimate of drug-likeness (QED) is 0.131. The van der Waals surface area contributed by atoms with Crippen LogP contribution in [0.25, 0.3) is 11.1 Å². The van der Waals surface area contributed by atoms with Gasteiger partial charge in [0.05, 0.1) is 11.1 Å². The van der Waals surface area contributed by atoms with Gasteiger partial charge >= 0.3 is 5.97 Å². The van der Waals surface area contributed by atoms with Gasteiger partial charge < -0.3 is 4.74 Å². The van der Waals surface area contributed by atoms with Crippen LogP contribution >= 0.6 is 0 Å². The molecule has 0 bridgehead atoms. The Morgan fingerprint density at radius 2 is 1.45 bits per heavy atom. The number of carbonyl (C=O) groups excluding carboxylic acids is 1. The minimum absolute atomic E-state index is 0.00283. The molecule has 0 aliphatic rings. The highest BCUT2D eigenvalue weighted by Gasteiger charge is 2.19. The predicted molar refractivity (Wildman–Crippen MR) is 148 cm³/mol. The molecule has 5 heteroatoms. The van der Waals surface area contributed by atoms with E-state index in [1.54, 1.807) is 12.1 Å². The highest BCUT2D eigenvalue weighted by Crippen LogP contribution is 2.28. The number of hydrogen-bond donors (Lipinski definition) is 0. The SMILES string of the molecule is CCCCCCCc1ccc(-c2ccc(C(=O)Oc3ccc(CCCCC)c(C#N)c3C#N)cc2F)cc1. The molecule has 0 heterocycles. The lowest BCUT2D eigenvalue weighted by Crippen LogP contribution is -2.11. The van der Waals surface area contributed by atoms with Gasteiger partial charge in [0.15, 0.2) is 0 Å². The second-order valence-corrected chi connectivity index (χ2v) is 9.60. The van der Waals surface area contributed by atoms with Crippen molar-refractivity contribution in [3.8, 4) is 29.0 Å². The minimum Gasteiger partial charge on any atom is -0.421 e. The zero-order valence-corrected chi connectivity index (χ0v) is 22.4. The number of carbonyl (C=O) groups is 1. The lowest BCUT2D eigenvalue weighted by atomic mass is 9.97. The molecule has 38 heavy (non-hydrogen) atoms. The topological polar surface area (TPSA) is 73.9 Å². The van der Waals surface area contributed by atoms with Gasteiger partial charge in [-0.05, 0) is 60.6 Å². The molecule has 0 aliphatic carbocycles. The standard InChI is InChI=1S/C33H35FN2O2/c1-3-5-7-8-10-11-24-13-15-26(16-14-24)28-19-17-27(21-31(28)34)33(37)38-32-20-18-25(12-9-6-4-2)29(22-35)30(32)23-36/h13-21H,3-12H2,1-2H3. The van der Waals surface area contributed by atoms with Gasteiger partial charge in [-0.25, -0.2) is 9.18 Å². The number of ether oxygens (including phenoxy) is 1. The summed E-state index contributed by atoms with van der Waals surface area (Å²) in [6, 6.07) is 19.4. The van der Waals surface area contributed by atoms with E-state index in [4.69, 9.17) is 4.74 Å². The fraction of sp³-hybridized carbons (Fsp3) is 0.364. The Balaban J connectivity index is 1.71. The summed E-state index contributed by atoms with van der Waals surface area (Å²) >= 11 is 0. The maximum absolute atomic E-state index is 15.0. The third-order valence-electron chi connectivity index (χ3n) is 6.77. The molecule has 0 saturated heterocycles. The van der Waals surface area contributed by atoms with Crippen LogP contribution in [0.1, 0.15) is 97.8 Å². The molecule has 0 aromatic heterocycles. The Bertz CT molecular complexity index is 1320. The van der Waals surface area contributed by atoms with Crippen molar-refractivity contribution in [1.29, 1.82) is 10.5 Å². The first kappa shape index (κ1) is 28.6. The van der Waals surface area contributed by atoms with Crippen molar-refractivity contribution < 1.29 is 13.9 Å². The average Bonchev–Trinajstić information content (AvgIpc) is 2.93. The summed E-state index contributed by atoms with van der Waals surface area (Å²) in [7, 11) is 0. The molecule has 0 aliphatic heterocycles. The second kappa shape index (κ2) is 14.7. The number of benzene rings is 3. The summed E-state index contributed by atoms with van der Waals surface area (Å²) in [4.78, 5) is 12.8. The number of hydrogen-bond acceptors (Lipinski definition) is 4. The van der Waals surface area contributed by atoms with Gasteiger partial charge in [-0.1, -0.05) is 88.8 Å². The van der Waals surface area contributed by atoms with E-state index in [0.717, 1.165) is 49.3 Å². The molecular formula is C33H35FN2O2. The first-order chi connectivity index (χ1) is 18.5. The molecule has 0 unspecified atom stereocenters. The Hall–Kier alpha value is -3.96. The van der Waals surface area contributed by atoms with Crippen molar-refractivity contribution in [2.24, 2.45) is 0 Å². The van der Waals surface area contributed by atoms with Gasteiger partial charge in [0.1, 0.15) is 29.3 Å². The molecule has 0 amide bonds. The van der Waals surface area contributed by atoms with Crippen LogP contribution in [0.5, 0.6) is 5.75 Å². The van der Waals surface area contributed by atoms with Crippen LogP contribution in [-0.4, -0.2) is 5.97 Å². The minimum atomic E-state index is -0.784. The largest absolute Gasteiger partial charge is 0.421 e. The second-order valence-electron chi connectivity index (χ2n) is 9.60. The highest BCUT2D eigenvalue weighted by atomic mass is 19.1. The number of unbranched alkanes of at least 4 members (excludes halogenated alkanes) is 6. The van der Waals surface area contributed by atoms with E-state index in [2.05, 4.69) is 19.9 Å². The number of aryl methyl sites for hydroxylation is 2. The summed E-state index contributed by atoms with van der Waals surface area (Å²) < 4.78 is 20.5. The van der Waals surface area contributed by atoms with Crippen LogP contribution < -0.4 is 4.74 Å². The van der Waals surface area contributed by atoms with Crippen LogP contribution in [0, 0.1) is 28.5 Å². The van der Waals surface area contributed by atoms with Gasteiger partial charge in [0.2, 0.25) is 0 Å². The maximum Gasteiger partial charge on any atom is 0.343 e. The number of rotatable bonds is 13. The van der Waals surface area contributed by atoms with Gasteiger partial charge in [-0.3, -0.25) is 0 Å². The molecule has 4 nitrogen and oxygen atoms in total. The number of esters is 1. The van der Waals surface area contributed by atoms with E-state index in [1.807, 2.05) is 30.3 Å². The van der Waals surface area contributed by atoms with Gasteiger partial charge in [-0.2, -0.15) is 10.5 Å². The van der Waals surface area contributed by atoms with Crippen LogP contribution in [0.2, 0.25) is 0 Å². The van der Waals surface area contributed by atoms with Gasteiger partial charge in [-0.15, -0.1) is 0 Å². The molecule has 0 saturated carbocycles. The van der Waals surface area contributed by atoms with Gasteiger partial charge in [0.25, 0.3) is 0 Å². The third-order valence-corrected chi connectivity index (χ3v) is 6.77. The zero-order valence-electron chi connectivity index (χ0n) is 22.4. The molecule has 0 atom stereocenters. The highest BCUT2D eigenvalue weighted by molar-refractivity contribution is 5.92. The zero-order chi connectivity index (χ0) is 27.3.